The van der Waals surface area contributed by atoms with E-state index in [0.717, 1.165) is 13.0 Å². The van der Waals surface area contributed by atoms with Crippen molar-refractivity contribution < 1.29 is 4.74 Å². The van der Waals surface area contributed by atoms with E-state index >= 15 is 0 Å². The zero-order valence-corrected chi connectivity index (χ0v) is 11.3. The predicted molar refractivity (Wildman–Crippen MR) is 68.6 cm³/mol. The Labute approximate surface area is 100 Å². The number of hydrogen-bond acceptors (Lipinski definition) is 3. The maximum Gasteiger partial charge on any atom is 0.0634 e. The van der Waals surface area contributed by atoms with E-state index in [0.29, 0.717) is 6.04 Å². The summed E-state index contributed by atoms with van der Waals surface area (Å²) in [7, 11) is 1.79. The maximum absolute atomic E-state index is 6.06. The first-order valence-corrected chi connectivity index (χ1v) is 6.51. The van der Waals surface area contributed by atoms with E-state index in [2.05, 4.69) is 25.7 Å². The van der Waals surface area contributed by atoms with Gasteiger partial charge in [-0.3, -0.25) is 4.90 Å². The van der Waals surface area contributed by atoms with Gasteiger partial charge >= 0.3 is 0 Å². The fraction of sp³-hybridized carbons (Fsp3) is 1.00. The van der Waals surface area contributed by atoms with Crippen LogP contribution < -0.4 is 5.73 Å². The van der Waals surface area contributed by atoms with Crippen molar-refractivity contribution in [3.8, 4) is 0 Å². The molecule has 1 saturated heterocycles. The summed E-state index contributed by atoms with van der Waals surface area (Å²) in [6.45, 7) is 8.74. The molecule has 0 aromatic heterocycles. The second kappa shape index (κ2) is 5.99. The van der Waals surface area contributed by atoms with E-state index in [-0.39, 0.29) is 11.6 Å². The fourth-order valence-corrected chi connectivity index (χ4v) is 2.40. The molecule has 0 radical (unpaired) electrons. The molecule has 0 aromatic carbocycles. The summed E-state index contributed by atoms with van der Waals surface area (Å²) in [6, 6.07) is 0.854. The summed E-state index contributed by atoms with van der Waals surface area (Å²) < 4.78 is 5.47. The number of ether oxygens (including phenoxy) is 1. The Morgan fingerprint density at radius 1 is 1.44 bits per heavy atom. The molecule has 0 amide bonds. The molecule has 0 aromatic rings. The molecule has 96 valence electrons. The van der Waals surface area contributed by atoms with Gasteiger partial charge in [-0.2, -0.15) is 0 Å². The molecule has 1 aliphatic rings. The van der Waals surface area contributed by atoms with Gasteiger partial charge in [-0.15, -0.1) is 0 Å². The molecule has 1 aliphatic heterocycles. The number of likely N-dealkylation sites (tertiary alicyclic amines) is 1. The van der Waals surface area contributed by atoms with Crippen LogP contribution >= 0.6 is 0 Å². The van der Waals surface area contributed by atoms with E-state index in [4.69, 9.17) is 10.5 Å². The normalized spacial score (nSPS) is 25.7. The highest BCUT2D eigenvalue weighted by Gasteiger charge is 2.27. The van der Waals surface area contributed by atoms with Crippen LogP contribution in [-0.2, 0) is 4.74 Å². The largest absolute Gasteiger partial charge is 0.379 e. The highest BCUT2D eigenvalue weighted by atomic mass is 16.5. The first kappa shape index (κ1) is 13.9. The maximum atomic E-state index is 6.06. The third-order valence-corrected chi connectivity index (χ3v) is 3.82. The van der Waals surface area contributed by atoms with Gasteiger partial charge in [0.2, 0.25) is 0 Å². The van der Waals surface area contributed by atoms with Gasteiger partial charge in [0.15, 0.2) is 0 Å². The molecule has 1 heterocycles. The van der Waals surface area contributed by atoms with Crippen molar-refractivity contribution in [2.75, 3.05) is 20.2 Å². The summed E-state index contributed by atoms with van der Waals surface area (Å²) in [4.78, 5) is 2.55. The summed E-state index contributed by atoms with van der Waals surface area (Å²) in [5.74, 6) is 0. The Bertz CT molecular complexity index is 204. The number of nitrogens with two attached hydrogens (primary N) is 1. The van der Waals surface area contributed by atoms with Crippen LogP contribution in [0.2, 0.25) is 0 Å². The highest BCUT2D eigenvalue weighted by Crippen LogP contribution is 2.21. The number of methoxy groups -OCH3 is 1. The molecule has 2 N–H and O–H groups in total. The van der Waals surface area contributed by atoms with Crippen molar-refractivity contribution >= 4 is 0 Å². The molecule has 0 bridgehead atoms. The summed E-state index contributed by atoms with van der Waals surface area (Å²) >= 11 is 0. The van der Waals surface area contributed by atoms with Gasteiger partial charge in [0, 0.05) is 25.7 Å². The van der Waals surface area contributed by atoms with Crippen molar-refractivity contribution in [1.29, 1.82) is 0 Å². The van der Waals surface area contributed by atoms with Crippen LogP contribution in [0.4, 0.5) is 0 Å². The lowest BCUT2D eigenvalue weighted by Crippen LogP contribution is -2.50. The molecule has 0 saturated carbocycles. The molecule has 2 unspecified atom stereocenters. The monoisotopic (exact) mass is 228 g/mol. The summed E-state index contributed by atoms with van der Waals surface area (Å²) in [6.07, 6.45) is 4.98. The average molecular weight is 228 g/mol. The molecule has 16 heavy (non-hydrogen) atoms. The minimum absolute atomic E-state index is 0.0141. The lowest BCUT2D eigenvalue weighted by molar-refractivity contribution is -0.000362. The second-order valence-electron chi connectivity index (χ2n) is 5.67. The molecule has 3 nitrogen and oxygen atoms in total. The third-order valence-electron chi connectivity index (χ3n) is 3.82. The Kier molecular flexibility index (Phi) is 5.22. The molecule has 3 heteroatoms. The molecule has 0 spiro atoms. The van der Waals surface area contributed by atoms with Crippen molar-refractivity contribution in [1.82, 2.24) is 4.90 Å². The van der Waals surface area contributed by atoms with E-state index in [1.165, 1.54) is 25.8 Å². The van der Waals surface area contributed by atoms with Crippen molar-refractivity contribution in [2.24, 2.45) is 5.73 Å². The Morgan fingerprint density at radius 2 is 2.12 bits per heavy atom. The molecular weight excluding hydrogens is 200 g/mol. The Morgan fingerprint density at radius 3 is 2.69 bits per heavy atom. The minimum atomic E-state index is -0.0141. The van der Waals surface area contributed by atoms with Crippen LogP contribution in [0.5, 0.6) is 0 Å². The fourth-order valence-electron chi connectivity index (χ4n) is 2.40. The van der Waals surface area contributed by atoms with Gasteiger partial charge in [0.05, 0.1) is 5.60 Å². The molecule has 1 fully saturated rings. The molecule has 1 rings (SSSR count). The first-order valence-electron chi connectivity index (χ1n) is 6.51. The van der Waals surface area contributed by atoms with Gasteiger partial charge in [-0.05, 0) is 46.6 Å². The van der Waals surface area contributed by atoms with Crippen LogP contribution in [0.3, 0.4) is 0 Å². The standard InChI is InChI=1S/C13H28N2O/c1-11(14)12-7-5-6-9-15(12)10-8-13(2,3)16-4/h11-12H,5-10,14H2,1-4H3. The van der Waals surface area contributed by atoms with Crippen molar-refractivity contribution in [2.45, 2.75) is 64.1 Å². The average Bonchev–Trinajstić information content (AvgIpc) is 2.27. The van der Waals surface area contributed by atoms with Crippen LogP contribution in [0.15, 0.2) is 0 Å². The smallest absolute Gasteiger partial charge is 0.0634 e. The van der Waals surface area contributed by atoms with Crippen LogP contribution in [0.25, 0.3) is 0 Å². The van der Waals surface area contributed by atoms with E-state index in [9.17, 15) is 0 Å². The summed E-state index contributed by atoms with van der Waals surface area (Å²) in [5.41, 5.74) is 6.04. The molecule has 0 aliphatic carbocycles. The van der Waals surface area contributed by atoms with Crippen molar-refractivity contribution in [3.05, 3.63) is 0 Å². The van der Waals surface area contributed by atoms with Crippen LogP contribution in [0.1, 0.15) is 46.5 Å². The number of piperidine rings is 1. The van der Waals surface area contributed by atoms with Crippen LogP contribution in [0, 0.1) is 0 Å². The van der Waals surface area contributed by atoms with Crippen molar-refractivity contribution in [3.63, 3.8) is 0 Å². The first-order chi connectivity index (χ1) is 7.46. The second-order valence-corrected chi connectivity index (χ2v) is 5.67. The van der Waals surface area contributed by atoms with Gasteiger partial charge in [-0.25, -0.2) is 0 Å². The molecule has 2 atom stereocenters. The number of rotatable bonds is 5. The van der Waals surface area contributed by atoms with E-state index in [1.54, 1.807) is 7.11 Å². The molecular formula is C13H28N2O. The Hall–Kier alpha value is -0.120. The van der Waals surface area contributed by atoms with Gasteiger partial charge < -0.3 is 10.5 Å². The van der Waals surface area contributed by atoms with E-state index in [1.807, 2.05) is 0 Å². The topological polar surface area (TPSA) is 38.5 Å². The lowest BCUT2D eigenvalue weighted by Gasteiger charge is -2.39. The van der Waals surface area contributed by atoms with E-state index < -0.39 is 0 Å². The minimum Gasteiger partial charge on any atom is -0.379 e. The van der Waals surface area contributed by atoms with Gasteiger partial charge in [-0.1, -0.05) is 6.42 Å². The Balaban J connectivity index is 2.44. The highest BCUT2D eigenvalue weighted by molar-refractivity contribution is 4.84. The lowest BCUT2D eigenvalue weighted by atomic mass is 9.95. The van der Waals surface area contributed by atoms with Gasteiger partial charge in [0.1, 0.15) is 0 Å². The number of hydrogen-bond donors (Lipinski definition) is 1. The van der Waals surface area contributed by atoms with Gasteiger partial charge in [0.25, 0.3) is 0 Å². The zero-order chi connectivity index (χ0) is 12.2. The van der Waals surface area contributed by atoms with Crippen LogP contribution in [-0.4, -0.2) is 42.8 Å². The zero-order valence-electron chi connectivity index (χ0n) is 11.3. The summed E-state index contributed by atoms with van der Waals surface area (Å²) in [5, 5.41) is 0. The quantitative estimate of drug-likeness (QED) is 0.782. The predicted octanol–water partition coefficient (Wildman–Crippen LogP) is 2.00. The number of nitrogens with zero attached hydrogens (tertiary/aromatic N) is 1. The SMILES string of the molecule is COC(C)(C)CCN1CCCCC1C(C)N. The third kappa shape index (κ3) is 4.04.